The Hall–Kier alpha value is -1.42. The van der Waals surface area contributed by atoms with Crippen LogP contribution in [0, 0.1) is 0 Å². The number of thiocarbonyl (C=S) groups is 1. The summed E-state index contributed by atoms with van der Waals surface area (Å²) in [5.41, 5.74) is 7.36. The first-order valence-corrected chi connectivity index (χ1v) is 6.69. The molecular weight excluding hydrogens is 244 g/mol. The van der Waals surface area contributed by atoms with E-state index < -0.39 is 0 Å². The van der Waals surface area contributed by atoms with Gasteiger partial charge in [-0.05, 0) is 24.1 Å². The molecule has 3 nitrogen and oxygen atoms in total. The summed E-state index contributed by atoms with van der Waals surface area (Å²) in [5, 5.41) is 2.88. The average molecular weight is 264 g/mol. The van der Waals surface area contributed by atoms with Crippen LogP contribution in [0.25, 0.3) is 0 Å². The second-order valence-corrected chi connectivity index (χ2v) is 4.87. The highest BCUT2D eigenvalue weighted by atomic mass is 32.1. The van der Waals surface area contributed by atoms with Gasteiger partial charge in [-0.15, -0.1) is 0 Å². The Labute approximate surface area is 114 Å². The molecule has 0 heterocycles. The number of carbonyl (C=O) groups is 1. The molecule has 0 radical (unpaired) electrons. The third-order valence-electron chi connectivity index (χ3n) is 2.62. The lowest BCUT2D eigenvalue weighted by Gasteiger charge is -2.06. The first-order chi connectivity index (χ1) is 8.61. The van der Waals surface area contributed by atoms with Crippen molar-refractivity contribution in [2.24, 2.45) is 5.73 Å². The van der Waals surface area contributed by atoms with E-state index in [4.69, 9.17) is 18.0 Å². The lowest BCUT2D eigenvalue weighted by Crippen LogP contribution is -2.12. The van der Waals surface area contributed by atoms with Crippen LogP contribution in [-0.4, -0.2) is 10.9 Å². The molecule has 0 spiro atoms. The smallest absolute Gasteiger partial charge is 0.224 e. The van der Waals surface area contributed by atoms with Crippen LogP contribution in [0.5, 0.6) is 0 Å². The quantitative estimate of drug-likeness (QED) is 0.588. The van der Waals surface area contributed by atoms with Gasteiger partial charge in [-0.2, -0.15) is 0 Å². The topological polar surface area (TPSA) is 55.1 Å². The monoisotopic (exact) mass is 264 g/mol. The summed E-state index contributed by atoms with van der Waals surface area (Å²) >= 11 is 4.85. The Morgan fingerprint density at radius 2 is 1.94 bits per heavy atom. The molecule has 3 N–H and O–H groups in total. The number of hydrogen-bond donors (Lipinski definition) is 2. The van der Waals surface area contributed by atoms with Crippen molar-refractivity contribution in [1.82, 2.24) is 0 Å². The third kappa shape index (κ3) is 5.77. The summed E-state index contributed by atoms with van der Waals surface area (Å²) in [6.07, 6.45) is 4.35. The van der Waals surface area contributed by atoms with Crippen LogP contribution in [0.3, 0.4) is 0 Å². The minimum absolute atomic E-state index is 0.0746. The van der Waals surface area contributed by atoms with Gasteiger partial charge in [-0.25, -0.2) is 0 Å². The molecule has 0 saturated carbocycles. The molecule has 1 amide bonds. The molecule has 1 rings (SSSR count). The molecular formula is C14H20N2OS. The third-order valence-corrected chi connectivity index (χ3v) is 2.77. The molecule has 0 aliphatic rings. The van der Waals surface area contributed by atoms with Crippen LogP contribution in [0.2, 0.25) is 0 Å². The summed E-state index contributed by atoms with van der Waals surface area (Å²) < 4.78 is 0. The minimum Gasteiger partial charge on any atom is -0.393 e. The van der Waals surface area contributed by atoms with E-state index in [0.29, 0.717) is 17.8 Å². The second kappa shape index (κ2) is 7.82. The van der Waals surface area contributed by atoms with Gasteiger partial charge >= 0.3 is 0 Å². The van der Waals surface area contributed by atoms with Gasteiger partial charge in [0.25, 0.3) is 0 Å². The van der Waals surface area contributed by atoms with Crippen molar-refractivity contribution in [2.45, 2.75) is 39.0 Å². The first kappa shape index (κ1) is 14.6. The number of unbranched alkanes of at least 4 members (excludes halogenated alkanes) is 2. The summed E-state index contributed by atoms with van der Waals surface area (Å²) in [5.74, 6) is 0.0746. The summed E-state index contributed by atoms with van der Waals surface area (Å²) in [6, 6.07) is 7.62. The number of nitrogens with two attached hydrogens (primary N) is 1. The second-order valence-electron chi connectivity index (χ2n) is 4.35. The highest BCUT2D eigenvalue weighted by Gasteiger charge is 2.02. The first-order valence-electron chi connectivity index (χ1n) is 6.29. The summed E-state index contributed by atoms with van der Waals surface area (Å²) in [6.45, 7) is 2.12. The fraction of sp³-hybridized carbons (Fsp3) is 0.429. The standard InChI is InChI=1S/C14H20N2OS/c1-2-3-4-5-14(17)16-12-8-6-11(7-9-12)10-13(15)18/h6-9H,2-5,10H2,1H3,(H2,15,18)(H,16,17). The van der Waals surface area contributed by atoms with E-state index in [0.717, 1.165) is 30.5 Å². The fourth-order valence-electron chi connectivity index (χ4n) is 1.67. The number of nitrogens with one attached hydrogen (secondary N) is 1. The van der Waals surface area contributed by atoms with Crippen LogP contribution in [0.1, 0.15) is 38.2 Å². The molecule has 0 aliphatic heterocycles. The van der Waals surface area contributed by atoms with Crippen molar-refractivity contribution in [3.8, 4) is 0 Å². The van der Waals surface area contributed by atoms with Gasteiger partial charge in [0, 0.05) is 18.5 Å². The van der Waals surface area contributed by atoms with Crippen LogP contribution in [0.4, 0.5) is 5.69 Å². The van der Waals surface area contributed by atoms with Crippen LogP contribution in [0.15, 0.2) is 24.3 Å². The van der Waals surface area contributed by atoms with Crippen LogP contribution < -0.4 is 11.1 Å². The molecule has 18 heavy (non-hydrogen) atoms. The fourth-order valence-corrected chi connectivity index (χ4v) is 1.83. The van der Waals surface area contributed by atoms with Crippen molar-refractivity contribution < 1.29 is 4.79 Å². The molecule has 0 aliphatic carbocycles. The normalized spacial score (nSPS) is 10.1. The number of benzene rings is 1. The summed E-state index contributed by atoms with van der Waals surface area (Å²) in [4.78, 5) is 12.1. The van der Waals surface area contributed by atoms with Gasteiger partial charge < -0.3 is 11.1 Å². The van der Waals surface area contributed by atoms with E-state index in [1.807, 2.05) is 24.3 Å². The number of carbonyl (C=O) groups excluding carboxylic acids is 1. The van der Waals surface area contributed by atoms with Crippen molar-refractivity contribution in [3.05, 3.63) is 29.8 Å². The van der Waals surface area contributed by atoms with Gasteiger partial charge in [0.05, 0.1) is 4.99 Å². The lowest BCUT2D eigenvalue weighted by molar-refractivity contribution is -0.116. The molecule has 0 saturated heterocycles. The van der Waals surface area contributed by atoms with Gasteiger partial charge in [0.1, 0.15) is 0 Å². The van der Waals surface area contributed by atoms with Crippen molar-refractivity contribution in [3.63, 3.8) is 0 Å². The van der Waals surface area contributed by atoms with E-state index in [9.17, 15) is 4.79 Å². The molecule has 98 valence electrons. The van der Waals surface area contributed by atoms with E-state index in [1.54, 1.807) is 0 Å². The zero-order chi connectivity index (χ0) is 13.4. The largest absolute Gasteiger partial charge is 0.393 e. The molecule has 0 atom stereocenters. The molecule has 0 aromatic heterocycles. The molecule has 0 bridgehead atoms. The van der Waals surface area contributed by atoms with Crippen molar-refractivity contribution >= 4 is 28.8 Å². The van der Waals surface area contributed by atoms with Crippen molar-refractivity contribution in [2.75, 3.05) is 5.32 Å². The molecule has 1 aromatic rings. The molecule has 0 fully saturated rings. The lowest BCUT2D eigenvalue weighted by atomic mass is 10.1. The Balaban J connectivity index is 2.43. The van der Waals surface area contributed by atoms with Crippen LogP contribution in [-0.2, 0) is 11.2 Å². The average Bonchev–Trinajstić information content (AvgIpc) is 2.31. The highest BCUT2D eigenvalue weighted by Crippen LogP contribution is 2.11. The zero-order valence-corrected chi connectivity index (χ0v) is 11.6. The SMILES string of the molecule is CCCCCC(=O)Nc1ccc(CC(N)=S)cc1. The Morgan fingerprint density at radius 3 is 2.50 bits per heavy atom. The number of anilines is 1. The predicted molar refractivity (Wildman–Crippen MR) is 79.7 cm³/mol. The number of amides is 1. The number of hydrogen-bond acceptors (Lipinski definition) is 2. The van der Waals surface area contributed by atoms with E-state index in [-0.39, 0.29) is 5.91 Å². The van der Waals surface area contributed by atoms with Gasteiger partial charge in [-0.3, -0.25) is 4.79 Å². The number of rotatable bonds is 7. The Morgan fingerprint density at radius 1 is 1.28 bits per heavy atom. The zero-order valence-electron chi connectivity index (χ0n) is 10.7. The maximum atomic E-state index is 11.6. The maximum Gasteiger partial charge on any atom is 0.224 e. The van der Waals surface area contributed by atoms with Crippen molar-refractivity contribution in [1.29, 1.82) is 0 Å². The molecule has 1 aromatic carbocycles. The highest BCUT2D eigenvalue weighted by molar-refractivity contribution is 7.80. The molecule has 0 unspecified atom stereocenters. The summed E-state index contributed by atoms with van der Waals surface area (Å²) in [7, 11) is 0. The Bertz CT molecular complexity index is 401. The van der Waals surface area contributed by atoms with E-state index >= 15 is 0 Å². The van der Waals surface area contributed by atoms with Gasteiger partial charge in [-0.1, -0.05) is 44.1 Å². The van der Waals surface area contributed by atoms with E-state index in [2.05, 4.69) is 12.2 Å². The van der Waals surface area contributed by atoms with Gasteiger partial charge in [0.15, 0.2) is 0 Å². The van der Waals surface area contributed by atoms with Crippen LogP contribution >= 0.6 is 12.2 Å². The van der Waals surface area contributed by atoms with E-state index in [1.165, 1.54) is 0 Å². The maximum absolute atomic E-state index is 11.6. The predicted octanol–water partition coefficient (Wildman–Crippen LogP) is 3.03. The molecule has 4 heteroatoms. The Kier molecular flexibility index (Phi) is 6.36. The minimum atomic E-state index is 0.0746. The van der Waals surface area contributed by atoms with Gasteiger partial charge in [0.2, 0.25) is 5.91 Å².